The Balaban J connectivity index is 0.767. The van der Waals surface area contributed by atoms with Crippen LogP contribution in [0.2, 0.25) is 0 Å². The molecule has 7 aliphatic rings. The molecule has 35 nitrogen and oxygen atoms in total. The molecule has 99 heavy (non-hydrogen) atoms. The van der Waals surface area contributed by atoms with Gasteiger partial charge in [-0.1, -0.05) is 40.5 Å². The molecule has 2 aliphatic carbocycles. The monoisotopic (exact) mass is 1400 g/mol. The Labute approximate surface area is 565 Å². The highest BCUT2D eigenvalue weighted by atomic mass is 16.6. The van der Waals surface area contributed by atoms with Gasteiger partial charge in [0.1, 0.15) is 36.6 Å². The van der Waals surface area contributed by atoms with E-state index in [-0.39, 0.29) is 103 Å². The predicted molar refractivity (Wildman–Crippen MR) is 340 cm³/mol. The molecule has 0 bridgehead atoms. The van der Waals surface area contributed by atoms with E-state index in [1.807, 2.05) is 20.8 Å². The van der Waals surface area contributed by atoms with E-state index in [1.54, 1.807) is 20.8 Å². The lowest BCUT2D eigenvalue weighted by atomic mass is 9.74. The second-order valence-corrected chi connectivity index (χ2v) is 28.6. The maximum Gasteiger partial charge on any atom is 0.336 e. The van der Waals surface area contributed by atoms with Crippen molar-refractivity contribution in [1.82, 2.24) is 41.1 Å². The molecular formula is C64H93N9O26. The lowest BCUT2D eigenvalue weighted by Gasteiger charge is -2.37. The normalized spacial score (nSPS) is 26.9. The van der Waals surface area contributed by atoms with Crippen molar-refractivity contribution in [3.05, 3.63) is 94.4 Å². The van der Waals surface area contributed by atoms with Crippen LogP contribution < -0.4 is 51.2 Å². The Kier molecular flexibility index (Phi) is 23.6. The van der Waals surface area contributed by atoms with E-state index in [0.29, 0.717) is 70.4 Å². The lowest BCUT2D eigenvalue weighted by molar-refractivity contribution is -0.177. The van der Waals surface area contributed by atoms with E-state index in [2.05, 4.69) is 0 Å². The summed E-state index contributed by atoms with van der Waals surface area (Å²) in [6.07, 6.45) is -6.29. The lowest BCUT2D eigenvalue weighted by Crippen LogP contribution is -2.57. The summed E-state index contributed by atoms with van der Waals surface area (Å²) in [6, 6.07) is 0. The third-order valence-corrected chi connectivity index (χ3v) is 19.5. The molecule has 17 unspecified atom stereocenters. The number of epoxide rings is 5. The molecule has 0 amide bonds. The fourth-order valence-corrected chi connectivity index (χ4v) is 13.9. The van der Waals surface area contributed by atoms with Crippen LogP contribution in [0.15, 0.2) is 43.2 Å². The first kappa shape index (κ1) is 74.4. The first-order valence-corrected chi connectivity index (χ1v) is 34.4. The van der Waals surface area contributed by atoms with Gasteiger partial charge in [-0.25, -0.2) is 84.3 Å². The number of nitrogens with zero attached hydrogens (tertiary/aromatic N) is 9. The molecule has 2 saturated carbocycles. The minimum absolute atomic E-state index is 0.0572. The van der Waals surface area contributed by atoms with Crippen LogP contribution in [0, 0.1) is 35.5 Å². The molecule has 4 N–H and O–H groups in total. The predicted octanol–water partition coefficient (Wildman–Crippen LogP) is -3.84. The highest BCUT2D eigenvalue weighted by molar-refractivity contribution is 5.83. The zero-order chi connectivity index (χ0) is 71.5. The Morgan fingerprint density at radius 2 is 0.636 bits per heavy atom. The third kappa shape index (κ3) is 18.7. The molecular weight excluding hydrogens is 1310 g/mol. The first-order valence-electron chi connectivity index (χ1n) is 34.4. The third-order valence-electron chi connectivity index (χ3n) is 19.5. The van der Waals surface area contributed by atoms with E-state index in [1.165, 1.54) is 0 Å². The number of carbonyl (C=O) groups is 4. The van der Waals surface area contributed by atoms with Gasteiger partial charge in [-0.15, -0.1) is 0 Å². The molecule has 0 spiro atoms. The number of aliphatic hydroxyl groups is 4. The van der Waals surface area contributed by atoms with Gasteiger partial charge in [-0.3, -0.25) is 19.2 Å². The maximum atomic E-state index is 14.4. The van der Waals surface area contributed by atoms with Crippen molar-refractivity contribution in [2.75, 3.05) is 46.2 Å². The molecule has 35 heteroatoms. The van der Waals surface area contributed by atoms with Gasteiger partial charge in [0.25, 0.3) is 0 Å². The smallest absolute Gasteiger partial charge is 0.336 e. The van der Waals surface area contributed by atoms with Crippen molar-refractivity contribution in [3.63, 3.8) is 0 Å². The van der Waals surface area contributed by atoms with E-state index in [4.69, 9.17) is 42.6 Å². The van der Waals surface area contributed by atoms with Gasteiger partial charge >= 0.3 is 75.1 Å². The van der Waals surface area contributed by atoms with Gasteiger partial charge in [0.2, 0.25) is 0 Å². The molecule has 5 aliphatic heterocycles. The number of ether oxygens (including phenoxy) is 9. The van der Waals surface area contributed by atoms with Gasteiger partial charge in [0.05, 0.1) is 158 Å². The average molecular weight is 1400 g/mol. The summed E-state index contributed by atoms with van der Waals surface area (Å²) in [5.74, 6) is -7.78. The fourth-order valence-electron chi connectivity index (χ4n) is 13.9. The van der Waals surface area contributed by atoms with Crippen molar-refractivity contribution in [2.24, 2.45) is 35.5 Å². The van der Waals surface area contributed by atoms with Crippen LogP contribution in [0.25, 0.3) is 0 Å². The number of esters is 4. The van der Waals surface area contributed by atoms with Crippen LogP contribution in [0.4, 0.5) is 0 Å². The van der Waals surface area contributed by atoms with E-state index >= 15 is 0 Å². The number of aromatic nitrogens is 9. The van der Waals surface area contributed by atoms with Crippen molar-refractivity contribution in [3.8, 4) is 0 Å². The summed E-state index contributed by atoms with van der Waals surface area (Å²) in [5.41, 5.74) is -11.9. The van der Waals surface area contributed by atoms with Gasteiger partial charge < -0.3 is 63.1 Å². The van der Waals surface area contributed by atoms with Crippen LogP contribution >= 0.6 is 0 Å². The SMILES string of the molecule is CCCC(C)(CC(O)Cn1c(=O)n(CC(O)COC(=O)C2CCC(C)CC2C(=O)OC(C)(CCC)CC(O)Cn2c(=O)n(CC3CO3)c(=O)n(CC3CO3)c2=O)c(=O)n(CC2CO2)c1=O)OC(=O)C1CC(C)CCC1C(=O)OCC(O)Cn1c(=O)n(CC2CO2)c(=O)n(CC2CO2)c1=O. The largest absolute Gasteiger partial charge is 0.463 e. The minimum Gasteiger partial charge on any atom is -0.463 e. The minimum atomic E-state index is -1.76. The molecule has 550 valence electrons. The van der Waals surface area contributed by atoms with Crippen molar-refractivity contribution >= 4 is 23.9 Å². The Morgan fingerprint density at radius 1 is 0.394 bits per heavy atom. The number of rotatable bonds is 36. The molecule has 10 rings (SSSR count). The first-order chi connectivity index (χ1) is 47.0. The van der Waals surface area contributed by atoms with Crippen LogP contribution in [0.5, 0.6) is 0 Å². The number of carbonyl (C=O) groups excluding carboxylic acids is 4. The second kappa shape index (κ2) is 31.3. The molecule has 5 saturated heterocycles. The standard InChI is InChI=1S/C64H93N9O26/c1-7-13-63(5,98-52(80)49-16-36(4)10-12-47(49)51(79)97-29-40(77)22-68-59(87)72(26-44-33-94-44)62(90)73(60(68)88)27-45-34-95-45)17-37(74)19-65-54(82)67(58(86)69(55(65)83)23-41-30-91-41)21-39(76)28-96-50(78)46-11-9-35(3)15-48(46)53(81)99-64(6,14-8-2)18-38(75)20-66-56(84)70(24-42-31-92-42)61(89)71(57(66)85)25-43-32-93-43/h35-49,74-77H,7-34H2,1-6H3. The summed E-state index contributed by atoms with van der Waals surface area (Å²) in [5, 5.41) is 45.8. The van der Waals surface area contributed by atoms with E-state index in [0.717, 1.165) is 22.8 Å². The molecule has 8 heterocycles. The Bertz CT molecular complexity index is 3920. The summed E-state index contributed by atoms with van der Waals surface area (Å²) < 4.78 is 56.4. The quantitative estimate of drug-likeness (QED) is 0.0246. The molecule has 17 atom stereocenters. The molecule has 0 aromatic carbocycles. The number of hydrogen-bond acceptors (Lipinski definition) is 26. The van der Waals surface area contributed by atoms with Crippen molar-refractivity contribution in [1.29, 1.82) is 0 Å². The molecule has 3 aromatic rings. The zero-order valence-corrected chi connectivity index (χ0v) is 56.8. The van der Waals surface area contributed by atoms with Crippen LogP contribution in [0.1, 0.15) is 119 Å². The maximum absolute atomic E-state index is 14.4. The van der Waals surface area contributed by atoms with Crippen LogP contribution in [-0.2, 0) is 121 Å². The summed E-state index contributed by atoms with van der Waals surface area (Å²) in [7, 11) is 0. The highest BCUT2D eigenvalue weighted by Gasteiger charge is 2.46. The summed E-state index contributed by atoms with van der Waals surface area (Å²) >= 11 is 0. The van der Waals surface area contributed by atoms with Gasteiger partial charge in [-0.05, 0) is 77.0 Å². The van der Waals surface area contributed by atoms with Crippen molar-refractivity contribution in [2.45, 2.75) is 244 Å². The van der Waals surface area contributed by atoms with Gasteiger partial charge in [0.15, 0.2) is 0 Å². The van der Waals surface area contributed by atoms with E-state index in [9.17, 15) is 82.8 Å². The molecule has 3 aromatic heterocycles. The van der Waals surface area contributed by atoms with Crippen LogP contribution in [0.3, 0.4) is 0 Å². The zero-order valence-electron chi connectivity index (χ0n) is 56.8. The Hall–Kier alpha value is -7.25. The highest BCUT2D eigenvalue weighted by Crippen LogP contribution is 2.39. The fraction of sp³-hybridized carbons (Fsp3) is 0.797. The second-order valence-electron chi connectivity index (χ2n) is 28.6. The topological polar surface area (TPSA) is 447 Å². The average Bonchev–Trinajstić information content (AvgIpc) is 1.72. The van der Waals surface area contributed by atoms with Crippen molar-refractivity contribution < 1.29 is 82.2 Å². The van der Waals surface area contributed by atoms with Gasteiger partial charge in [0, 0.05) is 12.8 Å². The van der Waals surface area contributed by atoms with Gasteiger partial charge in [-0.2, -0.15) is 0 Å². The van der Waals surface area contributed by atoms with Crippen LogP contribution in [-0.4, -0.2) is 198 Å². The van der Waals surface area contributed by atoms with E-state index < -0.39 is 204 Å². The molecule has 7 fully saturated rings. The number of hydrogen-bond donors (Lipinski definition) is 4. The Morgan fingerprint density at radius 3 is 0.889 bits per heavy atom. The summed E-state index contributed by atoms with van der Waals surface area (Å²) in [6.45, 7) is 6.94. The summed E-state index contributed by atoms with van der Waals surface area (Å²) in [4.78, 5) is 180. The molecule has 0 radical (unpaired) electrons. The number of aliphatic hydroxyl groups excluding tert-OH is 4.